The quantitative estimate of drug-likeness (QED) is 0.913. The smallest absolute Gasteiger partial charge is 0.123 e. The van der Waals surface area contributed by atoms with E-state index in [9.17, 15) is 4.39 Å². The van der Waals surface area contributed by atoms with E-state index in [1.54, 1.807) is 6.07 Å². The highest BCUT2D eigenvalue weighted by Crippen LogP contribution is 2.18. The molecule has 1 heterocycles. The maximum atomic E-state index is 13.0. The van der Waals surface area contributed by atoms with Crippen LogP contribution < -0.4 is 5.32 Å². The van der Waals surface area contributed by atoms with Crippen LogP contribution in [0, 0.1) is 12.7 Å². The number of benzene rings is 1. The zero-order valence-corrected chi connectivity index (χ0v) is 11.9. The normalized spacial score (nSPS) is 11.6. The average Bonchev–Trinajstić information content (AvgIpc) is 2.76. The third kappa shape index (κ3) is 3.34. The largest absolute Gasteiger partial charge is 0.381 e. The summed E-state index contributed by atoms with van der Waals surface area (Å²) in [7, 11) is 0. The van der Waals surface area contributed by atoms with Gasteiger partial charge in [-0.2, -0.15) is 5.10 Å². The molecule has 0 radical (unpaired) electrons. The van der Waals surface area contributed by atoms with Gasteiger partial charge >= 0.3 is 0 Å². The average molecular weight is 261 g/mol. The molecule has 0 unspecified atom stereocenters. The van der Waals surface area contributed by atoms with Crippen molar-refractivity contribution in [3.63, 3.8) is 0 Å². The van der Waals surface area contributed by atoms with Crippen LogP contribution in [0.4, 0.5) is 10.1 Å². The van der Waals surface area contributed by atoms with Crippen molar-refractivity contribution in [1.29, 1.82) is 0 Å². The Bertz CT molecular complexity index is 567. The predicted molar refractivity (Wildman–Crippen MR) is 75.7 cm³/mol. The van der Waals surface area contributed by atoms with Gasteiger partial charge in [-0.25, -0.2) is 4.39 Å². The van der Waals surface area contributed by atoms with Crippen molar-refractivity contribution in [3.8, 4) is 0 Å². The van der Waals surface area contributed by atoms with Gasteiger partial charge in [-0.15, -0.1) is 0 Å². The Morgan fingerprint density at radius 2 is 2.05 bits per heavy atom. The van der Waals surface area contributed by atoms with Gasteiger partial charge < -0.3 is 5.32 Å². The summed E-state index contributed by atoms with van der Waals surface area (Å²) < 4.78 is 15.0. The minimum absolute atomic E-state index is 0.00988. The molecule has 4 heteroatoms. The van der Waals surface area contributed by atoms with E-state index in [1.807, 2.05) is 24.0 Å². The fraction of sp³-hybridized carbons (Fsp3) is 0.400. The Kier molecular flexibility index (Phi) is 3.60. The minimum atomic E-state index is -0.205. The first-order chi connectivity index (χ1) is 8.86. The van der Waals surface area contributed by atoms with Crippen LogP contribution in [0.3, 0.4) is 0 Å². The second-order valence-electron chi connectivity index (χ2n) is 5.78. The molecule has 0 saturated carbocycles. The number of halogens is 1. The first-order valence-electron chi connectivity index (χ1n) is 6.40. The highest BCUT2D eigenvalue weighted by atomic mass is 19.1. The highest BCUT2D eigenvalue weighted by molar-refractivity contribution is 5.50. The van der Waals surface area contributed by atoms with E-state index in [2.05, 4.69) is 31.2 Å². The zero-order chi connectivity index (χ0) is 14.0. The lowest BCUT2D eigenvalue weighted by Crippen LogP contribution is -2.21. The monoisotopic (exact) mass is 261 g/mol. The molecule has 0 amide bonds. The molecule has 1 N–H and O–H groups in total. The number of nitrogens with zero attached hydrogens (tertiary/aromatic N) is 2. The van der Waals surface area contributed by atoms with Crippen LogP contribution in [0.25, 0.3) is 0 Å². The van der Waals surface area contributed by atoms with Gasteiger partial charge in [0.25, 0.3) is 0 Å². The van der Waals surface area contributed by atoms with Gasteiger partial charge in [0.05, 0.1) is 11.7 Å². The van der Waals surface area contributed by atoms with Gasteiger partial charge in [0.2, 0.25) is 0 Å². The molecule has 0 aliphatic rings. The Morgan fingerprint density at radius 1 is 1.32 bits per heavy atom. The Morgan fingerprint density at radius 3 is 2.63 bits per heavy atom. The fourth-order valence-electron chi connectivity index (χ4n) is 1.84. The number of aromatic nitrogens is 2. The molecule has 0 atom stereocenters. The third-order valence-electron chi connectivity index (χ3n) is 2.99. The first kappa shape index (κ1) is 13.6. The number of rotatable bonds is 3. The predicted octanol–water partition coefficient (Wildman–Crippen LogP) is 3.70. The third-order valence-corrected chi connectivity index (χ3v) is 2.99. The van der Waals surface area contributed by atoms with Crippen molar-refractivity contribution < 1.29 is 4.39 Å². The van der Waals surface area contributed by atoms with E-state index in [4.69, 9.17) is 0 Å². The molecule has 0 saturated heterocycles. The van der Waals surface area contributed by atoms with E-state index in [1.165, 1.54) is 12.1 Å². The number of hydrogen-bond acceptors (Lipinski definition) is 2. The topological polar surface area (TPSA) is 29.9 Å². The first-order valence-corrected chi connectivity index (χ1v) is 6.40. The van der Waals surface area contributed by atoms with E-state index in [0.717, 1.165) is 16.8 Å². The van der Waals surface area contributed by atoms with Crippen LogP contribution in [-0.2, 0) is 12.1 Å². The van der Waals surface area contributed by atoms with Crippen LogP contribution in [-0.4, -0.2) is 9.78 Å². The van der Waals surface area contributed by atoms with E-state index >= 15 is 0 Å². The van der Waals surface area contributed by atoms with E-state index in [0.29, 0.717) is 6.54 Å². The molecule has 2 aromatic rings. The fourth-order valence-corrected chi connectivity index (χ4v) is 1.84. The molecule has 0 bridgehead atoms. The van der Waals surface area contributed by atoms with Gasteiger partial charge in [-0.1, -0.05) is 0 Å². The summed E-state index contributed by atoms with van der Waals surface area (Å²) in [5, 5.41) is 7.65. The summed E-state index contributed by atoms with van der Waals surface area (Å²) in [6, 6.07) is 4.76. The Labute approximate surface area is 113 Å². The summed E-state index contributed by atoms with van der Waals surface area (Å²) in [4.78, 5) is 0. The molecule has 102 valence electrons. The van der Waals surface area contributed by atoms with E-state index in [-0.39, 0.29) is 11.4 Å². The second-order valence-corrected chi connectivity index (χ2v) is 5.78. The van der Waals surface area contributed by atoms with Crippen LogP contribution >= 0.6 is 0 Å². The second kappa shape index (κ2) is 5.03. The molecular weight excluding hydrogens is 241 g/mol. The number of hydrogen-bond donors (Lipinski definition) is 1. The van der Waals surface area contributed by atoms with Crippen molar-refractivity contribution in [1.82, 2.24) is 9.78 Å². The van der Waals surface area contributed by atoms with Crippen molar-refractivity contribution >= 4 is 5.69 Å². The van der Waals surface area contributed by atoms with Gasteiger partial charge in [0, 0.05) is 24.0 Å². The molecule has 3 nitrogen and oxygen atoms in total. The van der Waals surface area contributed by atoms with Crippen molar-refractivity contribution in [2.45, 2.75) is 39.8 Å². The standard InChI is InChI=1S/C15H20FN3/c1-11-7-13(16)5-6-14(11)17-8-12-9-18-19(10-12)15(2,3)4/h5-7,9-10,17H,8H2,1-4H3. The van der Waals surface area contributed by atoms with Crippen molar-refractivity contribution in [2.24, 2.45) is 0 Å². The summed E-state index contributed by atoms with van der Waals surface area (Å²) in [5.41, 5.74) is 2.95. The lowest BCUT2D eigenvalue weighted by Gasteiger charge is -2.18. The van der Waals surface area contributed by atoms with Crippen molar-refractivity contribution in [2.75, 3.05) is 5.32 Å². The summed E-state index contributed by atoms with van der Waals surface area (Å²) in [5.74, 6) is -0.205. The number of nitrogens with one attached hydrogen (secondary N) is 1. The SMILES string of the molecule is Cc1cc(F)ccc1NCc1cnn(C(C)(C)C)c1. The van der Waals surface area contributed by atoms with Crippen LogP contribution in [0.1, 0.15) is 31.9 Å². The molecule has 2 rings (SSSR count). The Hall–Kier alpha value is -1.84. The molecule has 0 aliphatic carbocycles. The number of anilines is 1. The molecule has 1 aromatic carbocycles. The molecule has 0 spiro atoms. The zero-order valence-electron chi connectivity index (χ0n) is 11.9. The maximum absolute atomic E-state index is 13.0. The van der Waals surface area contributed by atoms with Crippen LogP contribution in [0.5, 0.6) is 0 Å². The van der Waals surface area contributed by atoms with Crippen LogP contribution in [0.2, 0.25) is 0 Å². The maximum Gasteiger partial charge on any atom is 0.123 e. The molecular formula is C15H20FN3. The summed E-state index contributed by atoms with van der Waals surface area (Å²) in [6.07, 6.45) is 3.89. The lowest BCUT2D eigenvalue weighted by atomic mass is 10.1. The van der Waals surface area contributed by atoms with Crippen molar-refractivity contribution in [3.05, 3.63) is 47.5 Å². The van der Waals surface area contributed by atoms with Gasteiger partial charge in [-0.3, -0.25) is 4.68 Å². The molecule has 1 aromatic heterocycles. The molecule has 0 aliphatic heterocycles. The summed E-state index contributed by atoms with van der Waals surface area (Å²) >= 11 is 0. The molecule has 0 fully saturated rings. The Balaban J connectivity index is 2.04. The van der Waals surface area contributed by atoms with Gasteiger partial charge in [0.1, 0.15) is 5.82 Å². The van der Waals surface area contributed by atoms with Crippen LogP contribution in [0.15, 0.2) is 30.6 Å². The number of aryl methyl sites for hydroxylation is 1. The van der Waals surface area contributed by atoms with Gasteiger partial charge in [-0.05, 0) is 51.5 Å². The summed E-state index contributed by atoms with van der Waals surface area (Å²) in [6.45, 7) is 8.91. The van der Waals surface area contributed by atoms with Gasteiger partial charge in [0.15, 0.2) is 0 Å². The van der Waals surface area contributed by atoms with E-state index < -0.39 is 0 Å². The minimum Gasteiger partial charge on any atom is -0.381 e. The molecule has 19 heavy (non-hydrogen) atoms. The lowest BCUT2D eigenvalue weighted by molar-refractivity contribution is 0.355. The highest BCUT2D eigenvalue weighted by Gasteiger charge is 2.13.